The van der Waals surface area contributed by atoms with Crippen molar-refractivity contribution in [2.75, 3.05) is 0 Å². The van der Waals surface area contributed by atoms with Crippen LogP contribution in [0, 0.1) is 6.92 Å². The van der Waals surface area contributed by atoms with Gasteiger partial charge in [-0.2, -0.15) is 0 Å². The zero-order chi connectivity index (χ0) is 19.8. The molecular formula is C24H24N2O2. The van der Waals surface area contributed by atoms with E-state index in [4.69, 9.17) is 0 Å². The van der Waals surface area contributed by atoms with Crippen LogP contribution in [0.15, 0.2) is 84.9 Å². The van der Waals surface area contributed by atoms with Gasteiger partial charge < -0.3 is 10.6 Å². The molecule has 0 spiro atoms. The van der Waals surface area contributed by atoms with Gasteiger partial charge in [0.25, 0.3) is 5.91 Å². The molecule has 2 amide bonds. The van der Waals surface area contributed by atoms with E-state index in [0.717, 1.165) is 16.7 Å². The Balaban J connectivity index is 1.68. The van der Waals surface area contributed by atoms with Crippen LogP contribution in [0.2, 0.25) is 0 Å². The Morgan fingerprint density at radius 2 is 1.43 bits per heavy atom. The highest BCUT2D eigenvalue weighted by Gasteiger charge is 2.19. The van der Waals surface area contributed by atoms with Crippen LogP contribution in [0.5, 0.6) is 0 Å². The number of rotatable bonds is 7. The minimum absolute atomic E-state index is 0.106. The standard InChI is InChI=1S/C24H24N2O2/c1-18-10-8-9-15-21(18)17-25-23(27)16-22(19-11-4-2-5-12-19)26-24(28)20-13-6-3-7-14-20/h2-15,22H,16-17H2,1H3,(H,25,27)(H,26,28)/t22-/m1/s1. The lowest BCUT2D eigenvalue weighted by atomic mass is 10.0. The van der Waals surface area contributed by atoms with Crippen LogP contribution in [-0.4, -0.2) is 11.8 Å². The van der Waals surface area contributed by atoms with Gasteiger partial charge in [0.15, 0.2) is 0 Å². The van der Waals surface area contributed by atoms with Gasteiger partial charge in [0.1, 0.15) is 0 Å². The van der Waals surface area contributed by atoms with E-state index in [2.05, 4.69) is 10.6 Å². The summed E-state index contributed by atoms with van der Waals surface area (Å²) in [7, 11) is 0. The van der Waals surface area contributed by atoms with E-state index in [0.29, 0.717) is 12.1 Å². The van der Waals surface area contributed by atoms with Gasteiger partial charge in [0.05, 0.1) is 12.5 Å². The quantitative estimate of drug-likeness (QED) is 0.654. The fourth-order valence-corrected chi connectivity index (χ4v) is 3.03. The molecule has 2 N–H and O–H groups in total. The summed E-state index contributed by atoms with van der Waals surface area (Å²) in [6, 6.07) is 26.2. The van der Waals surface area contributed by atoms with Gasteiger partial charge in [-0.1, -0.05) is 72.8 Å². The highest BCUT2D eigenvalue weighted by Crippen LogP contribution is 2.18. The molecule has 0 saturated carbocycles. The first-order valence-corrected chi connectivity index (χ1v) is 9.35. The largest absolute Gasteiger partial charge is 0.352 e. The third-order valence-electron chi connectivity index (χ3n) is 4.67. The summed E-state index contributed by atoms with van der Waals surface area (Å²) >= 11 is 0. The van der Waals surface area contributed by atoms with E-state index in [1.165, 1.54) is 0 Å². The van der Waals surface area contributed by atoms with Crippen molar-refractivity contribution >= 4 is 11.8 Å². The number of aryl methyl sites for hydroxylation is 1. The Hall–Kier alpha value is -3.40. The molecule has 4 heteroatoms. The lowest BCUT2D eigenvalue weighted by Gasteiger charge is -2.19. The summed E-state index contributed by atoms with van der Waals surface area (Å²) in [5.41, 5.74) is 3.70. The van der Waals surface area contributed by atoms with Gasteiger partial charge >= 0.3 is 0 Å². The summed E-state index contributed by atoms with van der Waals surface area (Å²) < 4.78 is 0. The van der Waals surface area contributed by atoms with Crippen molar-refractivity contribution in [2.45, 2.75) is 25.9 Å². The molecule has 0 bridgehead atoms. The maximum Gasteiger partial charge on any atom is 0.251 e. The zero-order valence-electron chi connectivity index (χ0n) is 15.9. The van der Waals surface area contributed by atoms with E-state index >= 15 is 0 Å². The summed E-state index contributed by atoms with van der Waals surface area (Å²) in [5.74, 6) is -0.299. The van der Waals surface area contributed by atoms with Gasteiger partial charge in [0.2, 0.25) is 5.91 Å². The minimum atomic E-state index is -0.397. The maximum absolute atomic E-state index is 12.6. The molecule has 1 atom stereocenters. The first-order valence-electron chi connectivity index (χ1n) is 9.35. The zero-order valence-corrected chi connectivity index (χ0v) is 15.9. The summed E-state index contributed by atoms with van der Waals surface area (Å²) in [4.78, 5) is 25.2. The topological polar surface area (TPSA) is 58.2 Å². The van der Waals surface area contributed by atoms with Crippen LogP contribution in [0.4, 0.5) is 0 Å². The predicted octanol–water partition coefficient (Wildman–Crippen LogP) is 4.17. The first kappa shape index (κ1) is 19.4. The Morgan fingerprint density at radius 1 is 0.821 bits per heavy atom. The Morgan fingerprint density at radius 3 is 2.11 bits per heavy atom. The molecule has 0 heterocycles. The maximum atomic E-state index is 12.6. The van der Waals surface area contributed by atoms with E-state index in [-0.39, 0.29) is 18.2 Å². The second kappa shape index (κ2) is 9.51. The van der Waals surface area contributed by atoms with Crippen LogP contribution in [-0.2, 0) is 11.3 Å². The Kier molecular flexibility index (Phi) is 6.58. The van der Waals surface area contributed by atoms with Crippen molar-refractivity contribution in [3.63, 3.8) is 0 Å². The number of amides is 2. The van der Waals surface area contributed by atoms with Crippen LogP contribution in [0.1, 0.15) is 39.5 Å². The molecule has 0 aliphatic rings. The first-order chi connectivity index (χ1) is 13.6. The highest BCUT2D eigenvalue weighted by atomic mass is 16.2. The second-order valence-corrected chi connectivity index (χ2v) is 6.71. The van der Waals surface area contributed by atoms with Crippen LogP contribution in [0.25, 0.3) is 0 Å². The van der Waals surface area contributed by atoms with Crippen LogP contribution < -0.4 is 10.6 Å². The van der Waals surface area contributed by atoms with Gasteiger partial charge in [-0.3, -0.25) is 9.59 Å². The fourth-order valence-electron chi connectivity index (χ4n) is 3.03. The number of hydrogen-bond acceptors (Lipinski definition) is 2. The molecule has 3 rings (SSSR count). The van der Waals surface area contributed by atoms with E-state index in [9.17, 15) is 9.59 Å². The second-order valence-electron chi connectivity index (χ2n) is 6.71. The lowest BCUT2D eigenvalue weighted by Crippen LogP contribution is -2.33. The summed E-state index contributed by atoms with van der Waals surface area (Å²) in [6.45, 7) is 2.49. The average molecular weight is 372 g/mol. The molecule has 0 unspecified atom stereocenters. The Labute approximate surface area is 165 Å². The highest BCUT2D eigenvalue weighted by molar-refractivity contribution is 5.94. The van der Waals surface area contributed by atoms with Gasteiger partial charge in [-0.05, 0) is 35.7 Å². The van der Waals surface area contributed by atoms with Gasteiger partial charge in [0, 0.05) is 12.1 Å². The number of nitrogens with one attached hydrogen (secondary N) is 2. The van der Waals surface area contributed by atoms with Crippen LogP contribution >= 0.6 is 0 Å². The predicted molar refractivity (Wildman–Crippen MR) is 111 cm³/mol. The lowest BCUT2D eigenvalue weighted by molar-refractivity contribution is -0.121. The molecule has 3 aromatic carbocycles. The van der Waals surface area contributed by atoms with Gasteiger partial charge in [-0.15, -0.1) is 0 Å². The molecule has 142 valence electrons. The third kappa shape index (κ3) is 5.30. The van der Waals surface area contributed by atoms with Crippen molar-refractivity contribution in [1.82, 2.24) is 10.6 Å². The SMILES string of the molecule is Cc1ccccc1CNC(=O)C[C@@H](NC(=O)c1ccccc1)c1ccccc1. The Bertz CT molecular complexity index is 924. The molecule has 28 heavy (non-hydrogen) atoms. The van der Waals surface area contributed by atoms with E-state index in [1.54, 1.807) is 12.1 Å². The monoisotopic (exact) mass is 372 g/mol. The molecule has 0 aliphatic carbocycles. The molecule has 0 fully saturated rings. The van der Waals surface area contributed by atoms with Crippen molar-refractivity contribution < 1.29 is 9.59 Å². The van der Waals surface area contributed by atoms with E-state index < -0.39 is 6.04 Å². The third-order valence-corrected chi connectivity index (χ3v) is 4.67. The molecular weight excluding hydrogens is 348 g/mol. The van der Waals surface area contributed by atoms with Crippen LogP contribution in [0.3, 0.4) is 0 Å². The summed E-state index contributed by atoms with van der Waals surface area (Å²) in [5, 5.41) is 5.95. The van der Waals surface area contributed by atoms with Crippen molar-refractivity contribution in [3.05, 3.63) is 107 Å². The molecule has 0 saturated heterocycles. The summed E-state index contributed by atoms with van der Waals surface area (Å²) in [6.07, 6.45) is 0.175. The average Bonchev–Trinajstić information content (AvgIpc) is 2.74. The normalized spacial score (nSPS) is 11.5. The number of carbonyl (C=O) groups excluding carboxylic acids is 2. The van der Waals surface area contributed by atoms with Gasteiger partial charge in [-0.25, -0.2) is 0 Å². The van der Waals surface area contributed by atoms with E-state index in [1.807, 2.05) is 79.7 Å². The molecule has 0 aromatic heterocycles. The minimum Gasteiger partial charge on any atom is -0.352 e. The van der Waals surface area contributed by atoms with Crippen molar-refractivity contribution in [2.24, 2.45) is 0 Å². The smallest absolute Gasteiger partial charge is 0.251 e. The molecule has 0 aliphatic heterocycles. The fraction of sp³-hybridized carbons (Fsp3) is 0.167. The van der Waals surface area contributed by atoms with Crippen molar-refractivity contribution in [1.29, 1.82) is 0 Å². The molecule has 4 nitrogen and oxygen atoms in total. The molecule has 0 radical (unpaired) electrons. The number of carbonyl (C=O) groups is 2. The number of benzene rings is 3. The van der Waals surface area contributed by atoms with Crippen molar-refractivity contribution in [3.8, 4) is 0 Å². The number of hydrogen-bond donors (Lipinski definition) is 2. The molecule has 3 aromatic rings.